The number of nitrogens with zero attached hydrogens (tertiary/aromatic N) is 3. The lowest BCUT2D eigenvalue weighted by molar-refractivity contribution is 0.0957. The summed E-state index contributed by atoms with van der Waals surface area (Å²) in [5, 5.41) is 20.9. The molecule has 1 aliphatic rings. The molecule has 2 heterocycles. The highest BCUT2D eigenvalue weighted by atomic mass is 35.5. The van der Waals surface area contributed by atoms with Gasteiger partial charge in [-0.3, -0.25) is 4.79 Å². The van der Waals surface area contributed by atoms with Crippen molar-refractivity contribution >= 4 is 34.4 Å². The van der Waals surface area contributed by atoms with Crippen molar-refractivity contribution in [3.8, 4) is 11.8 Å². The lowest BCUT2D eigenvalue weighted by atomic mass is 10.1. The molecule has 3 aromatic rings. The number of ether oxygens (including phenoxy) is 1. The second-order valence-corrected chi connectivity index (χ2v) is 9.11. The predicted octanol–water partition coefficient (Wildman–Crippen LogP) is 7.02. The first kappa shape index (κ1) is 27.2. The number of nitriles is 1. The van der Waals surface area contributed by atoms with E-state index in [2.05, 4.69) is 34.5 Å². The molecule has 0 unspecified atom stereocenters. The number of carbonyl (C=O) groups excluding carboxylic acids is 1. The van der Waals surface area contributed by atoms with Crippen molar-refractivity contribution in [1.29, 1.82) is 5.26 Å². The molecule has 1 amide bonds. The number of benzene rings is 1. The standard InChI is InChI=1S/C31H28ClN5O2/c1-4-22(16-24(32)5-2)18-34-31(38)28-20-37-30(21(28)3)29(23(17-33)19-35-37)36-25-12-14-27(15-13-25)39-26-10-8-6-7-9-11-26/h4-6,8-16,19-20,36H,2,7,18H2,1,3H3,(H,34,38)/b22-4+,24-16+. The number of hydrogen-bond acceptors (Lipinski definition) is 5. The molecular formula is C31H28ClN5O2. The SMILES string of the molecule is C=C/C(Cl)=C\C(=C/C)CNC(=O)c1cn2ncc(C#N)c(Nc3ccc(OC4=CC=CCC=C4)cc3)c2c1C. The summed E-state index contributed by atoms with van der Waals surface area (Å²) < 4.78 is 7.55. The van der Waals surface area contributed by atoms with E-state index in [1.807, 2.05) is 68.5 Å². The number of hydrogen-bond donors (Lipinski definition) is 2. The molecule has 0 aliphatic heterocycles. The minimum absolute atomic E-state index is 0.261. The van der Waals surface area contributed by atoms with Gasteiger partial charge >= 0.3 is 0 Å². The maximum absolute atomic E-state index is 13.1. The number of anilines is 2. The zero-order valence-electron chi connectivity index (χ0n) is 21.7. The van der Waals surface area contributed by atoms with E-state index in [1.165, 1.54) is 12.3 Å². The Labute approximate surface area is 232 Å². The number of allylic oxidation sites excluding steroid dienone is 8. The number of rotatable bonds is 9. The molecule has 8 heteroatoms. The first-order chi connectivity index (χ1) is 18.9. The molecule has 4 rings (SSSR count). The van der Waals surface area contributed by atoms with Crippen molar-refractivity contribution in [2.45, 2.75) is 20.3 Å². The van der Waals surface area contributed by atoms with Crippen molar-refractivity contribution in [2.24, 2.45) is 0 Å². The van der Waals surface area contributed by atoms with Crippen LogP contribution >= 0.6 is 11.6 Å². The molecule has 0 atom stereocenters. The highest BCUT2D eigenvalue weighted by molar-refractivity contribution is 6.31. The van der Waals surface area contributed by atoms with Gasteiger partial charge in [0.15, 0.2) is 0 Å². The number of carbonyl (C=O) groups is 1. The molecule has 2 aromatic heterocycles. The van der Waals surface area contributed by atoms with Crippen molar-refractivity contribution in [2.75, 3.05) is 11.9 Å². The highest BCUT2D eigenvalue weighted by Gasteiger charge is 2.20. The lowest BCUT2D eigenvalue weighted by Crippen LogP contribution is -2.25. The van der Waals surface area contributed by atoms with Crippen molar-refractivity contribution in [3.63, 3.8) is 0 Å². The Kier molecular flexibility index (Phi) is 8.82. The molecule has 1 aromatic carbocycles. The third kappa shape index (κ3) is 6.56. The largest absolute Gasteiger partial charge is 0.457 e. The zero-order chi connectivity index (χ0) is 27.8. The summed E-state index contributed by atoms with van der Waals surface area (Å²) in [5.74, 6) is 1.18. The molecule has 0 bridgehead atoms. The quantitative estimate of drug-likeness (QED) is 0.286. The molecule has 7 nitrogen and oxygen atoms in total. The fraction of sp³-hybridized carbons (Fsp3) is 0.129. The summed E-state index contributed by atoms with van der Waals surface area (Å²) >= 11 is 6.05. The summed E-state index contributed by atoms with van der Waals surface area (Å²) in [4.78, 5) is 13.1. The third-order valence-corrected chi connectivity index (χ3v) is 6.34. The van der Waals surface area contributed by atoms with Crippen molar-refractivity contribution < 1.29 is 9.53 Å². The van der Waals surface area contributed by atoms with Gasteiger partial charge < -0.3 is 15.4 Å². The van der Waals surface area contributed by atoms with E-state index in [4.69, 9.17) is 16.3 Å². The van der Waals surface area contributed by atoms with E-state index in [9.17, 15) is 10.1 Å². The Hall–Kier alpha value is -4.80. The van der Waals surface area contributed by atoms with E-state index >= 15 is 0 Å². The number of nitrogens with one attached hydrogen (secondary N) is 2. The molecule has 196 valence electrons. The first-order valence-corrected chi connectivity index (χ1v) is 12.7. The summed E-state index contributed by atoms with van der Waals surface area (Å²) in [6.45, 7) is 7.65. The van der Waals surface area contributed by atoms with Gasteiger partial charge in [0.05, 0.1) is 28.5 Å². The Morgan fingerprint density at radius 3 is 2.82 bits per heavy atom. The number of halogens is 1. The number of fused-ring (bicyclic) bond motifs is 1. The molecule has 0 spiro atoms. The van der Waals surface area contributed by atoms with Crippen LogP contribution in [0.25, 0.3) is 5.52 Å². The number of aryl methyl sites for hydroxylation is 1. The van der Waals surface area contributed by atoms with E-state index in [0.717, 1.165) is 23.4 Å². The molecule has 0 radical (unpaired) electrons. The summed E-state index contributed by atoms with van der Waals surface area (Å²) in [7, 11) is 0. The van der Waals surface area contributed by atoms with Gasteiger partial charge in [0.1, 0.15) is 17.6 Å². The highest BCUT2D eigenvalue weighted by Crippen LogP contribution is 2.31. The third-order valence-electron chi connectivity index (χ3n) is 6.07. The second kappa shape index (κ2) is 12.6. The van der Waals surface area contributed by atoms with Crippen LogP contribution in [0.2, 0.25) is 0 Å². The molecular weight excluding hydrogens is 510 g/mol. The van der Waals surface area contributed by atoms with Gasteiger partial charge in [-0.25, -0.2) is 4.52 Å². The van der Waals surface area contributed by atoms with Gasteiger partial charge in [0, 0.05) is 23.5 Å². The Morgan fingerprint density at radius 1 is 1.31 bits per heavy atom. The molecule has 0 saturated heterocycles. The van der Waals surface area contributed by atoms with Crippen LogP contribution in [0, 0.1) is 18.3 Å². The average molecular weight is 538 g/mol. The van der Waals surface area contributed by atoms with Crippen LogP contribution in [0.15, 0.2) is 108 Å². The monoisotopic (exact) mass is 537 g/mol. The molecule has 2 N–H and O–H groups in total. The maximum Gasteiger partial charge on any atom is 0.253 e. The molecule has 39 heavy (non-hydrogen) atoms. The topological polar surface area (TPSA) is 91.5 Å². The van der Waals surface area contributed by atoms with Crippen LogP contribution in [-0.4, -0.2) is 22.1 Å². The Bertz CT molecular complexity index is 1600. The van der Waals surface area contributed by atoms with Crippen molar-refractivity contribution in [3.05, 3.63) is 125 Å². The minimum Gasteiger partial charge on any atom is -0.457 e. The predicted molar refractivity (Wildman–Crippen MR) is 156 cm³/mol. The smallest absolute Gasteiger partial charge is 0.253 e. The Morgan fingerprint density at radius 2 is 2.10 bits per heavy atom. The summed E-state index contributed by atoms with van der Waals surface area (Å²) in [6, 6.07) is 9.65. The summed E-state index contributed by atoms with van der Waals surface area (Å²) in [5.41, 5.74) is 4.31. The van der Waals surface area contributed by atoms with E-state index in [0.29, 0.717) is 45.2 Å². The lowest BCUT2D eigenvalue weighted by Gasteiger charge is -2.12. The first-order valence-electron chi connectivity index (χ1n) is 12.4. The molecule has 0 saturated carbocycles. The van der Waals surface area contributed by atoms with Gasteiger partial charge in [-0.1, -0.05) is 48.6 Å². The molecule has 0 fully saturated rings. The number of aromatic nitrogens is 2. The van der Waals surface area contributed by atoms with Crippen molar-refractivity contribution in [1.82, 2.24) is 14.9 Å². The van der Waals surface area contributed by atoms with Crippen LogP contribution < -0.4 is 15.4 Å². The fourth-order valence-corrected chi connectivity index (χ4v) is 4.13. The normalized spacial score (nSPS) is 13.4. The van der Waals surface area contributed by atoms with Gasteiger partial charge in [-0.05, 0) is 73.9 Å². The van der Waals surface area contributed by atoms with Crippen LogP contribution in [0.1, 0.15) is 34.8 Å². The minimum atomic E-state index is -0.261. The van der Waals surface area contributed by atoms with Gasteiger partial charge in [-0.2, -0.15) is 10.4 Å². The van der Waals surface area contributed by atoms with Crippen LogP contribution in [0.4, 0.5) is 11.4 Å². The second-order valence-electron chi connectivity index (χ2n) is 8.67. The van der Waals surface area contributed by atoms with Crippen LogP contribution in [0.3, 0.4) is 0 Å². The average Bonchev–Trinajstić information content (AvgIpc) is 3.10. The number of amides is 1. The van der Waals surface area contributed by atoms with Crippen LogP contribution in [-0.2, 0) is 0 Å². The van der Waals surface area contributed by atoms with E-state index in [1.54, 1.807) is 16.8 Å². The fourth-order valence-electron chi connectivity index (χ4n) is 3.99. The van der Waals surface area contributed by atoms with Gasteiger partial charge in [0.2, 0.25) is 0 Å². The molecule has 1 aliphatic carbocycles. The zero-order valence-corrected chi connectivity index (χ0v) is 22.5. The van der Waals surface area contributed by atoms with Gasteiger partial charge in [0.25, 0.3) is 5.91 Å². The Balaban J connectivity index is 1.58. The van der Waals surface area contributed by atoms with Gasteiger partial charge in [-0.15, -0.1) is 0 Å². The van der Waals surface area contributed by atoms with Crippen LogP contribution in [0.5, 0.6) is 5.75 Å². The van der Waals surface area contributed by atoms with E-state index < -0.39 is 0 Å². The maximum atomic E-state index is 13.1. The van der Waals surface area contributed by atoms with E-state index in [-0.39, 0.29) is 5.91 Å². The summed E-state index contributed by atoms with van der Waals surface area (Å²) in [6.07, 6.45) is 19.1.